The molecule has 1 atom stereocenters. The predicted octanol–water partition coefficient (Wildman–Crippen LogP) is 1.23. The highest BCUT2D eigenvalue weighted by molar-refractivity contribution is 5.95. The van der Waals surface area contributed by atoms with Crippen molar-refractivity contribution in [3.63, 3.8) is 0 Å². The van der Waals surface area contributed by atoms with Crippen LogP contribution in [0.2, 0.25) is 0 Å². The number of nitrogens with one attached hydrogen (secondary N) is 1. The fourth-order valence-corrected chi connectivity index (χ4v) is 3.09. The average molecular weight is 263 g/mol. The van der Waals surface area contributed by atoms with Crippen LogP contribution in [0.5, 0.6) is 0 Å². The van der Waals surface area contributed by atoms with Gasteiger partial charge >= 0.3 is 0 Å². The van der Waals surface area contributed by atoms with E-state index in [9.17, 15) is 9.18 Å². The van der Waals surface area contributed by atoms with E-state index in [0.717, 1.165) is 32.5 Å². The number of rotatable bonds is 2. The second-order valence-electron chi connectivity index (χ2n) is 5.46. The van der Waals surface area contributed by atoms with E-state index >= 15 is 0 Å². The molecule has 0 saturated carbocycles. The van der Waals surface area contributed by atoms with Gasteiger partial charge in [-0.2, -0.15) is 0 Å². The number of nitrogens with two attached hydrogens (primary N) is 1. The van der Waals surface area contributed by atoms with Gasteiger partial charge in [0.15, 0.2) is 0 Å². The van der Waals surface area contributed by atoms with E-state index in [-0.39, 0.29) is 17.5 Å². The summed E-state index contributed by atoms with van der Waals surface area (Å²) in [4.78, 5) is 14.5. The quantitative estimate of drug-likeness (QED) is 0.789. The summed E-state index contributed by atoms with van der Waals surface area (Å²) in [7, 11) is 0. The van der Waals surface area contributed by atoms with Gasteiger partial charge in [0.2, 0.25) is 0 Å². The van der Waals surface area contributed by atoms with Crippen LogP contribution in [0, 0.1) is 11.7 Å². The first kappa shape index (κ1) is 12.4. The molecule has 3 N–H and O–H groups in total. The van der Waals surface area contributed by atoms with Crippen molar-refractivity contribution in [1.82, 2.24) is 10.2 Å². The van der Waals surface area contributed by atoms with Gasteiger partial charge in [-0.3, -0.25) is 4.79 Å². The van der Waals surface area contributed by atoms with Gasteiger partial charge in [-0.1, -0.05) is 0 Å². The minimum Gasteiger partial charge on any atom is -0.399 e. The summed E-state index contributed by atoms with van der Waals surface area (Å²) in [5.74, 6) is -0.360. The molecule has 3 heterocycles. The van der Waals surface area contributed by atoms with Crippen LogP contribution in [0.4, 0.5) is 10.1 Å². The Kier molecular flexibility index (Phi) is 3.14. The normalized spacial score (nSPS) is 29.2. The molecule has 0 spiro atoms. The molecule has 5 heteroatoms. The van der Waals surface area contributed by atoms with Crippen LogP contribution in [0.25, 0.3) is 0 Å². The molecule has 3 saturated heterocycles. The third kappa shape index (κ3) is 2.42. The second kappa shape index (κ2) is 4.81. The Hall–Kier alpha value is -1.62. The van der Waals surface area contributed by atoms with E-state index in [1.165, 1.54) is 12.1 Å². The first-order valence-corrected chi connectivity index (χ1v) is 6.72. The Balaban J connectivity index is 1.71. The summed E-state index contributed by atoms with van der Waals surface area (Å²) < 4.78 is 13.7. The number of amides is 1. The highest BCUT2D eigenvalue weighted by Crippen LogP contribution is 2.27. The minimum atomic E-state index is -0.557. The number of anilines is 1. The van der Waals surface area contributed by atoms with Crippen LogP contribution in [0.15, 0.2) is 18.2 Å². The van der Waals surface area contributed by atoms with Crippen LogP contribution in [-0.2, 0) is 0 Å². The van der Waals surface area contributed by atoms with E-state index in [1.807, 2.05) is 0 Å². The summed E-state index contributed by atoms with van der Waals surface area (Å²) in [6, 6.07) is 4.33. The summed E-state index contributed by atoms with van der Waals surface area (Å²) in [5.41, 5.74) is 5.89. The number of benzene rings is 1. The number of piperidine rings is 3. The Morgan fingerprint density at radius 1 is 1.37 bits per heavy atom. The molecule has 1 unspecified atom stereocenters. The summed E-state index contributed by atoms with van der Waals surface area (Å²) >= 11 is 0. The largest absolute Gasteiger partial charge is 0.399 e. The molecule has 102 valence electrons. The first-order chi connectivity index (χ1) is 9.13. The number of carbonyl (C=O) groups excluding carboxylic acids is 1. The van der Waals surface area contributed by atoms with Crippen molar-refractivity contribution in [3.05, 3.63) is 29.6 Å². The molecular weight excluding hydrogens is 245 g/mol. The van der Waals surface area contributed by atoms with Crippen LogP contribution < -0.4 is 11.1 Å². The lowest BCUT2D eigenvalue weighted by molar-refractivity contribution is 0.0618. The molecule has 1 amide bonds. The zero-order valence-electron chi connectivity index (χ0n) is 10.7. The number of nitrogen functional groups attached to an aromatic ring is 1. The fourth-order valence-electron chi connectivity index (χ4n) is 3.09. The lowest BCUT2D eigenvalue weighted by atomic mass is 9.84. The molecule has 0 radical (unpaired) electrons. The highest BCUT2D eigenvalue weighted by atomic mass is 19.1. The molecule has 1 aromatic rings. The molecule has 3 fully saturated rings. The van der Waals surface area contributed by atoms with E-state index in [4.69, 9.17) is 5.73 Å². The minimum absolute atomic E-state index is 0.0747. The molecule has 4 nitrogen and oxygen atoms in total. The number of fused-ring (bicyclic) bond motifs is 3. The van der Waals surface area contributed by atoms with E-state index in [1.54, 1.807) is 6.07 Å². The van der Waals surface area contributed by atoms with Gasteiger partial charge in [0, 0.05) is 18.3 Å². The number of halogens is 1. The van der Waals surface area contributed by atoms with Gasteiger partial charge < -0.3 is 16.0 Å². The Morgan fingerprint density at radius 2 is 2.11 bits per heavy atom. The van der Waals surface area contributed by atoms with Gasteiger partial charge in [0.25, 0.3) is 5.91 Å². The van der Waals surface area contributed by atoms with Crippen molar-refractivity contribution >= 4 is 11.6 Å². The first-order valence-electron chi connectivity index (χ1n) is 6.72. The number of carbonyl (C=O) groups is 1. The smallest absolute Gasteiger partial charge is 0.254 e. The molecule has 3 aliphatic heterocycles. The summed E-state index contributed by atoms with van der Waals surface area (Å²) in [5, 5.41) is 2.97. The highest BCUT2D eigenvalue weighted by Gasteiger charge is 2.35. The van der Waals surface area contributed by atoms with Crippen molar-refractivity contribution in [1.29, 1.82) is 0 Å². The molecule has 19 heavy (non-hydrogen) atoms. The Labute approximate surface area is 111 Å². The van der Waals surface area contributed by atoms with Crippen molar-refractivity contribution < 1.29 is 9.18 Å². The van der Waals surface area contributed by atoms with Gasteiger partial charge in [-0.15, -0.1) is 0 Å². The molecule has 1 aromatic carbocycles. The lowest BCUT2D eigenvalue weighted by Gasteiger charge is -2.44. The zero-order chi connectivity index (χ0) is 13.4. The van der Waals surface area contributed by atoms with Gasteiger partial charge in [-0.05, 0) is 50.0 Å². The van der Waals surface area contributed by atoms with E-state index in [2.05, 4.69) is 10.2 Å². The zero-order valence-corrected chi connectivity index (χ0v) is 10.7. The Morgan fingerprint density at radius 3 is 2.68 bits per heavy atom. The molecule has 4 rings (SSSR count). The van der Waals surface area contributed by atoms with Crippen molar-refractivity contribution in [2.45, 2.75) is 18.9 Å². The maximum Gasteiger partial charge on any atom is 0.254 e. The summed E-state index contributed by atoms with van der Waals surface area (Å²) in [6.07, 6.45) is 2.24. The van der Waals surface area contributed by atoms with Crippen LogP contribution in [0.3, 0.4) is 0 Å². The van der Waals surface area contributed by atoms with Crippen molar-refractivity contribution in [2.75, 3.05) is 25.4 Å². The van der Waals surface area contributed by atoms with Crippen LogP contribution >= 0.6 is 0 Å². The average Bonchev–Trinajstić information content (AvgIpc) is 2.39. The SMILES string of the molecule is Nc1ccc(C(=O)NC2CN3CCC2CC3)c(F)c1. The standard InChI is InChI=1S/C14H18FN3O/c15-12-7-10(16)1-2-11(12)14(19)17-13-8-18-5-3-9(13)4-6-18/h1-2,7,9,13H,3-6,8,16H2,(H,17,19). The molecule has 2 bridgehead atoms. The number of nitrogens with zero attached hydrogens (tertiary/aromatic N) is 1. The number of hydrogen-bond donors (Lipinski definition) is 2. The summed E-state index contributed by atoms with van der Waals surface area (Å²) in [6.45, 7) is 3.12. The van der Waals surface area contributed by atoms with Gasteiger partial charge in [0.05, 0.1) is 5.56 Å². The maximum absolute atomic E-state index is 13.7. The van der Waals surface area contributed by atoms with Crippen LogP contribution in [-0.4, -0.2) is 36.5 Å². The van der Waals surface area contributed by atoms with Crippen LogP contribution in [0.1, 0.15) is 23.2 Å². The second-order valence-corrected chi connectivity index (χ2v) is 5.46. The fraction of sp³-hybridized carbons (Fsp3) is 0.500. The topological polar surface area (TPSA) is 58.4 Å². The van der Waals surface area contributed by atoms with Gasteiger partial charge in [0.1, 0.15) is 5.82 Å². The third-order valence-electron chi connectivity index (χ3n) is 4.21. The van der Waals surface area contributed by atoms with E-state index in [0.29, 0.717) is 11.6 Å². The molecule has 0 aromatic heterocycles. The molecule has 0 aliphatic carbocycles. The van der Waals surface area contributed by atoms with E-state index < -0.39 is 5.82 Å². The number of hydrogen-bond acceptors (Lipinski definition) is 3. The monoisotopic (exact) mass is 263 g/mol. The molecular formula is C14H18FN3O. The maximum atomic E-state index is 13.7. The third-order valence-corrected chi connectivity index (χ3v) is 4.21. The molecule has 3 aliphatic rings. The van der Waals surface area contributed by atoms with Gasteiger partial charge in [-0.25, -0.2) is 4.39 Å². The van der Waals surface area contributed by atoms with Crippen molar-refractivity contribution in [2.24, 2.45) is 5.92 Å². The lowest BCUT2D eigenvalue weighted by Crippen LogP contribution is -2.57. The Bertz CT molecular complexity index is 497. The predicted molar refractivity (Wildman–Crippen MR) is 71.2 cm³/mol. The van der Waals surface area contributed by atoms with Crippen molar-refractivity contribution in [3.8, 4) is 0 Å².